The summed E-state index contributed by atoms with van der Waals surface area (Å²) in [6.45, 7) is 6.56. The summed E-state index contributed by atoms with van der Waals surface area (Å²) in [6, 6.07) is 9.33. The van der Waals surface area contributed by atoms with Gasteiger partial charge in [0.25, 0.3) is 0 Å². The highest BCUT2D eigenvalue weighted by Gasteiger charge is 2.51. The number of rotatable bonds is 10. The summed E-state index contributed by atoms with van der Waals surface area (Å²) in [6.07, 6.45) is 2.84. The molecule has 1 atom stereocenters. The molecule has 148 valence electrons. The standard InChI is InChI=1S/C21H31N3O3/c1-15(2)21(10-11-21)20(27)22-12-9-16(3)24-19(26)14-23-18(25)13-17-7-5-4-6-8-17/h4-8,15-16H,9-14H2,1-3H3,(H,22,27)(H,23,25)(H,24,26)/t16-/m0/s1. The lowest BCUT2D eigenvalue weighted by Crippen LogP contribution is -2.43. The summed E-state index contributed by atoms with van der Waals surface area (Å²) >= 11 is 0. The first-order valence-electron chi connectivity index (χ1n) is 9.72. The van der Waals surface area contributed by atoms with Crippen molar-refractivity contribution in [2.75, 3.05) is 13.1 Å². The Balaban J connectivity index is 1.60. The van der Waals surface area contributed by atoms with Crippen molar-refractivity contribution in [3.05, 3.63) is 35.9 Å². The Kier molecular flexibility index (Phi) is 7.39. The first-order valence-corrected chi connectivity index (χ1v) is 9.72. The van der Waals surface area contributed by atoms with E-state index in [0.717, 1.165) is 18.4 Å². The first kappa shape index (κ1) is 20.9. The Morgan fingerprint density at radius 1 is 1.00 bits per heavy atom. The van der Waals surface area contributed by atoms with Crippen molar-refractivity contribution in [2.24, 2.45) is 11.3 Å². The Morgan fingerprint density at radius 3 is 2.26 bits per heavy atom. The van der Waals surface area contributed by atoms with Gasteiger partial charge in [0.05, 0.1) is 18.4 Å². The lowest BCUT2D eigenvalue weighted by atomic mass is 9.91. The fourth-order valence-corrected chi connectivity index (χ4v) is 3.20. The monoisotopic (exact) mass is 373 g/mol. The maximum absolute atomic E-state index is 12.3. The van der Waals surface area contributed by atoms with Gasteiger partial charge in [0.15, 0.2) is 0 Å². The molecule has 1 aliphatic carbocycles. The summed E-state index contributed by atoms with van der Waals surface area (Å²) in [5.74, 6) is 0.0779. The molecule has 3 N–H and O–H groups in total. The molecular weight excluding hydrogens is 342 g/mol. The molecule has 6 nitrogen and oxygen atoms in total. The zero-order chi connectivity index (χ0) is 19.9. The van der Waals surface area contributed by atoms with E-state index in [-0.39, 0.29) is 42.1 Å². The van der Waals surface area contributed by atoms with Gasteiger partial charge in [-0.2, -0.15) is 0 Å². The molecule has 1 aliphatic rings. The second-order valence-corrected chi connectivity index (χ2v) is 7.76. The first-order chi connectivity index (χ1) is 12.8. The highest BCUT2D eigenvalue weighted by Crippen LogP contribution is 2.51. The quantitative estimate of drug-likeness (QED) is 0.584. The van der Waals surface area contributed by atoms with E-state index in [9.17, 15) is 14.4 Å². The average Bonchev–Trinajstić information content (AvgIpc) is 3.43. The fourth-order valence-electron chi connectivity index (χ4n) is 3.20. The van der Waals surface area contributed by atoms with Crippen LogP contribution in [0.5, 0.6) is 0 Å². The molecule has 27 heavy (non-hydrogen) atoms. The minimum Gasteiger partial charge on any atom is -0.356 e. The van der Waals surface area contributed by atoms with Crippen molar-refractivity contribution in [3.8, 4) is 0 Å². The minimum absolute atomic E-state index is 0.0428. The predicted molar refractivity (Wildman–Crippen MR) is 105 cm³/mol. The Bertz CT molecular complexity index is 654. The summed E-state index contributed by atoms with van der Waals surface area (Å²) in [4.78, 5) is 36.1. The Labute approximate surface area is 161 Å². The molecule has 2 rings (SSSR count). The van der Waals surface area contributed by atoms with Crippen LogP contribution in [0.25, 0.3) is 0 Å². The van der Waals surface area contributed by atoms with E-state index in [2.05, 4.69) is 29.8 Å². The van der Waals surface area contributed by atoms with Gasteiger partial charge < -0.3 is 16.0 Å². The summed E-state index contributed by atoms with van der Waals surface area (Å²) in [5, 5.41) is 8.46. The van der Waals surface area contributed by atoms with Gasteiger partial charge in [0.1, 0.15) is 0 Å². The number of carbonyl (C=O) groups excluding carboxylic acids is 3. The van der Waals surface area contributed by atoms with Crippen LogP contribution in [0.3, 0.4) is 0 Å². The van der Waals surface area contributed by atoms with Gasteiger partial charge in [-0.3, -0.25) is 14.4 Å². The maximum Gasteiger partial charge on any atom is 0.239 e. The van der Waals surface area contributed by atoms with Gasteiger partial charge in [0, 0.05) is 12.6 Å². The largest absolute Gasteiger partial charge is 0.356 e. The molecule has 0 spiro atoms. The molecule has 0 heterocycles. The SMILES string of the molecule is CC(C)C1(C(=O)NCC[C@H](C)NC(=O)CNC(=O)Cc2ccccc2)CC1. The van der Waals surface area contributed by atoms with Crippen LogP contribution in [0.1, 0.15) is 45.6 Å². The summed E-state index contributed by atoms with van der Waals surface area (Å²) in [7, 11) is 0. The van der Waals surface area contributed by atoms with Crippen LogP contribution in [0.2, 0.25) is 0 Å². The molecule has 1 aromatic rings. The molecular formula is C21H31N3O3. The third-order valence-electron chi connectivity index (χ3n) is 5.27. The van der Waals surface area contributed by atoms with Crippen molar-refractivity contribution in [2.45, 2.75) is 52.5 Å². The summed E-state index contributed by atoms with van der Waals surface area (Å²) in [5.41, 5.74) is 0.740. The lowest BCUT2D eigenvalue weighted by Gasteiger charge is -2.20. The molecule has 0 saturated heterocycles. The molecule has 1 fully saturated rings. The number of nitrogens with one attached hydrogen (secondary N) is 3. The van der Waals surface area contributed by atoms with Crippen molar-refractivity contribution in [1.82, 2.24) is 16.0 Å². The number of benzene rings is 1. The Morgan fingerprint density at radius 2 is 1.67 bits per heavy atom. The number of carbonyl (C=O) groups is 3. The molecule has 6 heteroatoms. The van der Waals surface area contributed by atoms with Crippen LogP contribution in [-0.2, 0) is 20.8 Å². The highest BCUT2D eigenvalue weighted by atomic mass is 16.2. The topological polar surface area (TPSA) is 87.3 Å². The molecule has 0 aromatic heterocycles. The molecule has 0 radical (unpaired) electrons. The third-order valence-corrected chi connectivity index (χ3v) is 5.27. The number of hydrogen-bond donors (Lipinski definition) is 3. The number of hydrogen-bond acceptors (Lipinski definition) is 3. The predicted octanol–water partition coefficient (Wildman–Crippen LogP) is 1.79. The lowest BCUT2D eigenvalue weighted by molar-refractivity contribution is -0.128. The van der Waals surface area contributed by atoms with Gasteiger partial charge >= 0.3 is 0 Å². The van der Waals surface area contributed by atoms with Gasteiger partial charge in [-0.05, 0) is 37.7 Å². The van der Waals surface area contributed by atoms with E-state index in [1.807, 2.05) is 37.3 Å². The summed E-state index contributed by atoms with van der Waals surface area (Å²) < 4.78 is 0. The van der Waals surface area contributed by atoms with E-state index in [0.29, 0.717) is 18.9 Å². The maximum atomic E-state index is 12.3. The van der Waals surface area contributed by atoms with Gasteiger partial charge in [-0.1, -0.05) is 44.2 Å². The molecule has 1 saturated carbocycles. The van der Waals surface area contributed by atoms with Crippen LogP contribution in [0.4, 0.5) is 0 Å². The second kappa shape index (κ2) is 9.53. The minimum atomic E-state index is -0.226. The van der Waals surface area contributed by atoms with Crippen LogP contribution in [-0.4, -0.2) is 36.9 Å². The van der Waals surface area contributed by atoms with Crippen molar-refractivity contribution >= 4 is 17.7 Å². The van der Waals surface area contributed by atoms with Crippen LogP contribution in [0.15, 0.2) is 30.3 Å². The zero-order valence-corrected chi connectivity index (χ0v) is 16.5. The van der Waals surface area contributed by atoms with E-state index in [1.165, 1.54) is 0 Å². The zero-order valence-electron chi connectivity index (χ0n) is 16.5. The molecule has 0 unspecified atom stereocenters. The van der Waals surface area contributed by atoms with Crippen LogP contribution < -0.4 is 16.0 Å². The van der Waals surface area contributed by atoms with Gasteiger partial charge in [0.2, 0.25) is 17.7 Å². The number of amides is 3. The van der Waals surface area contributed by atoms with Crippen molar-refractivity contribution in [3.63, 3.8) is 0 Å². The van der Waals surface area contributed by atoms with E-state index in [1.54, 1.807) is 0 Å². The average molecular weight is 373 g/mol. The van der Waals surface area contributed by atoms with Crippen LogP contribution >= 0.6 is 0 Å². The molecule has 0 aliphatic heterocycles. The van der Waals surface area contributed by atoms with Crippen molar-refractivity contribution < 1.29 is 14.4 Å². The smallest absolute Gasteiger partial charge is 0.239 e. The van der Waals surface area contributed by atoms with Gasteiger partial charge in [-0.25, -0.2) is 0 Å². The fraction of sp³-hybridized carbons (Fsp3) is 0.571. The molecule has 0 bridgehead atoms. The van der Waals surface area contributed by atoms with E-state index in [4.69, 9.17) is 0 Å². The normalized spacial score (nSPS) is 15.7. The van der Waals surface area contributed by atoms with E-state index < -0.39 is 0 Å². The highest BCUT2D eigenvalue weighted by molar-refractivity contribution is 5.86. The van der Waals surface area contributed by atoms with E-state index >= 15 is 0 Å². The Hall–Kier alpha value is -2.37. The van der Waals surface area contributed by atoms with Crippen molar-refractivity contribution in [1.29, 1.82) is 0 Å². The molecule has 3 amide bonds. The second-order valence-electron chi connectivity index (χ2n) is 7.76. The third kappa shape index (κ3) is 6.38. The van der Waals surface area contributed by atoms with Crippen LogP contribution in [0, 0.1) is 11.3 Å². The van der Waals surface area contributed by atoms with Gasteiger partial charge in [-0.15, -0.1) is 0 Å². The molecule has 1 aromatic carbocycles.